The Morgan fingerprint density at radius 2 is 1.86 bits per heavy atom. The second-order valence-electron chi connectivity index (χ2n) is 5.85. The van der Waals surface area contributed by atoms with E-state index in [1.165, 1.54) is 24.6 Å². The van der Waals surface area contributed by atoms with Gasteiger partial charge < -0.3 is 0 Å². The van der Waals surface area contributed by atoms with E-state index in [9.17, 15) is 4.39 Å². The van der Waals surface area contributed by atoms with E-state index in [2.05, 4.69) is 12.1 Å². The molecule has 3 heteroatoms. The van der Waals surface area contributed by atoms with Gasteiger partial charge in [0.2, 0.25) is 0 Å². The number of hydrogen-bond donors (Lipinski definition) is 0. The van der Waals surface area contributed by atoms with Crippen LogP contribution >= 0.6 is 0 Å². The summed E-state index contributed by atoms with van der Waals surface area (Å²) in [6.07, 6.45) is 2.44. The predicted molar refractivity (Wildman–Crippen MR) is 82.1 cm³/mol. The maximum atomic E-state index is 13.7. The summed E-state index contributed by atoms with van der Waals surface area (Å²) in [4.78, 5) is 0. The summed E-state index contributed by atoms with van der Waals surface area (Å²) in [5.74, 6) is 0.394. The number of benzene rings is 2. The van der Waals surface area contributed by atoms with E-state index in [0.717, 1.165) is 27.2 Å². The largest absolute Gasteiger partial charge is 0.236 e. The molecule has 5 rings (SSSR count). The zero-order valence-corrected chi connectivity index (χ0v) is 11.4. The molecule has 0 aliphatic heterocycles. The number of rotatable bonds is 1. The highest BCUT2D eigenvalue weighted by Gasteiger charge is 2.27. The van der Waals surface area contributed by atoms with Gasteiger partial charge in [-0.15, -0.1) is 0 Å². The third-order valence-corrected chi connectivity index (χ3v) is 4.39. The Balaban J connectivity index is 2.08. The molecule has 0 amide bonds. The number of halogens is 1. The maximum Gasteiger partial charge on any atom is 0.123 e. The fourth-order valence-electron chi connectivity index (χ4n) is 3.23. The fourth-order valence-corrected chi connectivity index (χ4v) is 3.23. The molecule has 1 fully saturated rings. The van der Waals surface area contributed by atoms with Gasteiger partial charge in [-0.05, 0) is 42.5 Å². The molecule has 2 heterocycles. The first-order valence-electron chi connectivity index (χ1n) is 7.31. The van der Waals surface area contributed by atoms with Gasteiger partial charge in [0, 0.05) is 22.4 Å². The minimum absolute atomic E-state index is 0.200. The molecule has 4 aromatic rings. The van der Waals surface area contributed by atoms with Crippen LogP contribution in [0.25, 0.3) is 27.2 Å². The molecule has 0 atom stereocenters. The van der Waals surface area contributed by atoms with E-state index in [1.54, 1.807) is 6.07 Å². The molecule has 1 aliphatic rings. The molecule has 1 saturated carbocycles. The second-order valence-corrected chi connectivity index (χ2v) is 5.85. The van der Waals surface area contributed by atoms with Crippen molar-refractivity contribution < 1.29 is 4.39 Å². The van der Waals surface area contributed by atoms with Gasteiger partial charge in [-0.1, -0.05) is 24.3 Å². The first kappa shape index (κ1) is 11.3. The predicted octanol–water partition coefficient (Wildman–Crippen LogP) is 4.66. The molecule has 0 N–H and O–H groups in total. The summed E-state index contributed by atoms with van der Waals surface area (Å²) in [6.45, 7) is 0. The minimum atomic E-state index is -0.200. The van der Waals surface area contributed by atoms with Crippen LogP contribution in [0.2, 0.25) is 0 Å². The highest BCUT2D eigenvalue weighted by atomic mass is 19.1. The first-order valence-corrected chi connectivity index (χ1v) is 7.31. The third kappa shape index (κ3) is 1.54. The van der Waals surface area contributed by atoms with Gasteiger partial charge in [0.15, 0.2) is 0 Å². The number of fused-ring (bicyclic) bond motifs is 5. The molecular weight excluding hydrogens is 263 g/mol. The average Bonchev–Trinajstić information content (AvgIpc) is 3.26. The lowest BCUT2D eigenvalue weighted by Gasteiger charge is -2.08. The lowest BCUT2D eigenvalue weighted by molar-refractivity contribution is 0.629. The molecule has 0 bridgehead atoms. The third-order valence-electron chi connectivity index (χ3n) is 4.39. The Morgan fingerprint density at radius 1 is 1.00 bits per heavy atom. The molecule has 0 saturated heterocycles. The molecular formula is C18H13FN2. The molecule has 1 aliphatic carbocycles. The lowest BCUT2D eigenvalue weighted by atomic mass is 10.1. The highest BCUT2D eigenvalue weighted by molar-refractivity contribution is 6.09. The van der Waals surface area contributed by atoms with E-state index in [-0.39, 0.29) is 5.82 Å². The van der Waals surface area contributed by atoms with Crippen LogP contribution in [0.3, 0.4) is 0 Å². The molecule has 2 aromatic carbocycles. The summed E-state index contributed by atoms with van der Waals surface area (Å²) < 4.78 is 15.7. The normalized spacial score (nSPS) is 15.3. The zero-order chi connectivity index (χ0) is 14.0. The van der Waals surface area contributed by atoms with Gasteiger partial charge in [0.25, 0.3) is 0 Å². The highest BCUT2D eigenvalue weighted by Crippen LogP contribution is 2.42. The van der Waals surface area contributed by atoms with Crippen molar-refractivity contribution in [2.45, 2.75) is 18.8 Å². The Hall–Kier alpha value is -2.42. The quantitative estimate of drug-likeness (QED) is 0.494. The van der Waals surface area contributed by atoms with Crippen molar-refractivity contribution in [1.29, 1.82) is 0 Å². The van der Waals surface area contributed by atoms with Gasteiger partial charge in [0.1, 0.15) is 5.82 Å². The first-order chi connectivity index (χ1) is 10.3. The number of aromatic nitrogens is 2. The smallest absolute Gasteiger partial charge is 0.123 e. The summed E-state index contributed by atoms with van der Waals surface area (Å²) in [7, 11) is 0. The van der Waals surface area contributed by atoms with Crippen LogP contribution < -0.4 is 0 Å². The van der Waals surface area contributed by atoms with Crippen molar-refractivity contribution in [3.05, 3.63) is 60.0 Å². The van der Waals surface area contributed by atoms with Crippen molar-refractivity contribution in [3.8, 4) is 0 Å². The molecule has 102 valence electrons. The Bertz CT molecular complexity index is 1010. The molecule has 0 unspecified atom stereocenters. The summed E-state index contributed by atoms with van der Waals surface area (Å²) in [5, 5.41) is 7.88. The van der Waals surface area contributed by atoms with Crippen molar-refractivity contribution in [2.24, 2.45) is 0 Å². The SMILES string of the molecule is Fc1ccc2cc(C3CC3)n3nc4ccccc4c3c2c1. The van der Waals surface area contributed by atoms with E-state index >= 15 is 0 Å². The van der Waals surface area contributed by atoms with E-state index < -0.39 is 0 Å². The Labute approximate surface area is 120 Å². The lowest BCUT2D eigenvalue weighted by Crippen LogP contribution is -1.97. The van der Waals surface area contributed by atoms with Crippen molar-refractivity contribution in [1.82, 2.24) is 9.61 Å². The van der Waals surface area contributed by atoms with Gasteiger partial charge >= 0.3 is 0 Å². The van der Waals surface area contributed by atoms with Crippen LogP contribution in [-0.4, -0.2) is 9.61 Å². The van der Waals surface area contributed by atoms with E-state index in [0.29, 0.717) is 5.92 Å². The maximum absolute atomic E-state index is 13.7. The van der Waals surface area contributed by atoms with Gasteiger partial charge in [-0.2, -0.15) is 5.10 Å². The Kier molecular flexibility index (Phi) is 2.05. The van der Waals surface area contributed by atoms with Crippen LogP contribution in [0.1, 0.15) is 24.5 Å². The standard InChI is InChI=1S/C18H13FN2/c19-13-8-7-12-9-17(11-5-6-11)21-18(15(12)10-13)14-3-1-2-4-16(14)20-21/h1-4,7-11H,5-6H2. The van der Waals surface area contributed by atoms with Crippen LogP contribution in [-0.2, 0) is 0 Å². The molecule has 2 nitrogen and oxygen atoms in total. The Morgan fingerprint density at radius 3 is 2.71 bits per heavy atom. The van der Waals surface area contributed by atoms with Crippen molar-refractivity contribution >= 4 is 27.2 Å². The molecule has 2 aromatic heterocycles. The zero-order valence-electron chi connectivity index (χ0n) is 11.4. The topological polar surface area (TPSA) is 17.3 Å². The van der Waals surface area contributed by atoms with E-state index in [4.69, 9.17) is 5.10 Å². The fraction of sp³-hybridized carbons (Fsp3) is 0.167. The van der Waals surface area contributed by atoms with Crippen LogP contribution in [0.15, 0.2) is 48.5 Å². The number of hydrogen-bond acceptors (Lipinski definition) is 1. The molecule has 0 radical (unpaired) electrons. The van der Waals surface area contributed by atoms with Crippen LogP contribution in [0.4, 0.5) is 4.39 Å². The summed E-state index contributed by atoms with van der Waals surface area (Å²) >= 11 is 0. The summed E-state index contributed by atoms with van der Waals surface area (Å²) in [6, 6.07) is 15.3. The van der Waals surface area contributed by atoms with Gasteiger partial charge in [-0.25, -0.2) is 8.91 Å². The van der Waals surface area contributed by atoms with Crippen molar-refractivity contribution in [2.75, 3.05) is 0 Å². The minimum Gasteiger partial charge on any atom is -0.236 e. The van der Waals surface area contributed by atoms with Gasteiger partial charge in [-0.3, -0.25) is 0 Å². The average molecular weight is 276 g/mol. The monoisotopic (exact) mass is 276 g/mol. The van der Waals surface area contributed by atoms with E-state index in [1.807, 2.05) is 28.8 Å². The second kappa shape index (κ2) is 3.82. The molecule has 0 spiro atoms. The van der Waals surface area contributed by atoms with Crippen LogP contribution in [0.5, 0.6) is 0 Å². The number of pyridine rings is 1. The van der Waals surface area contributed by atoms with Crippen LogP contribution in [0, 0.1) is 5.82 Å². The molecule has 21 heavy (non-hydrogen) atoms. The number of nitrogens with zero attached hydrogens (tertiary/aromatic N) is 2. The van der Waals surface area contributed by atoms with Gasteiger partial charge in [0.05, 0.1) is 11.0 Å². The van der Waals surface area contributed by atoms with Crippen molar-refractivity contribution in [3.63, 3.8) is 0 Å². The summed E-state index contributed by atoms with van der Waals surface area (Å²) in [5.41, 5.74) is 3.25.